The van der Waals surface area contributed by atoms with Gasteiger partial charge in [-0.05, 0) is 19.1 Å². The van der Waals surface area contributed by atoms with Gasteiger partial charge in [0.1, 0.15) is 0 Å². The van der Waals surface area contributed by atoms with Crippen molar-refractivity contribution in [2.75, 3.05) is 0 Å². The number of halogens is 1. The zero-order chi connectivity index (χ0) is 11.8. The fourth-order valence-corrected chi connectivity index (χ4v) is 1.54. The molecule has 0 saturated carbocycles. The van der Waals surface area contributed by atoms with E-state index in [1.807, 2.05) is 19.1 Å². The first-order chi connectivity index (χ1) is 7.47. The molecular formula is C9H8FN3O2S. The minimum Gasteiger partial charge on any atom is -0.219 e. The van der Waals surface area contributed by atoms with Gasteiger partial charge in [0.2, 0.25) is 5.03 Å². The van der Waals surface area contributed by atoms with Gasteiger partial charge in [-0.2, -0.15) is 8.42 Å². The molecule has 2 aromatic rings. The van der Waals surface area contributed by atoms with Crippen LogP contribution in [-0.2, 0) is 10.2 Å². The second-order valence-corrected chi connectivity index (χ2v) is 4.57. The molecule has 7 heteroatoms. The van der Waals surface area contributed by atoms with E-state index in [2.05, 4.69) is 10.3 Å². The molecule has 5 nitrogen and oxygen atoms in total. The van der Waals surface area contributed by atoms with Gasteiger partial charge in [0, 0.05) is 0 Å². The Morgan fingerprint density at radius 3 is 2.38 bits per heavy atom. The third-order valence-electron chi connectivity index (χ3n) is 2.02. The third-order valence-corrected chi connectivity index (χ3v) is 2.71. The van der Waals surface area contributed by atoms with Crippen LogP contribution in [0.15, 0.2) is 35.5 Å². The van der Waals surface area contributed by atoms with E-state index < -0.39 is 15.2 Å². The van der Waals surface area contributed by atoms with Crippen LogP contribution in [0.1, 0.15) is 5.56 Å². The molecule has 0 unspecified atom stereocenters. The largest absolute Gasteiger partial charge is 0.353 e. The summed E-state index contributed by atoms with van der Waals surface area (Å²) in [6.07, 6.45) is 1.03. The number of hydrogen-bond donors (Lipinski definition) is 0. The van der Waals surface area contributed by atoms with Gasteiger partial charge in [-0.1, -0.05) is 26.8 Å². The van der Waals surface area contributed by atoms with E-state index in [0.717, 1.165) is 11.8 Å². The molecule has 0 amide bonds. The molecule has 0 bridgehead atoms. The summed E-state index contributed by atoms with van der Waals surface area (Å²) in [4.78, 5) is 0. The lowest BCUT2D eigenvalue weighted by Crippen LogP contribution is -1.94. The van der Waals surface area contributed by atoms with Crippen molar-refractivity contribution >= 4 is 10.2 Å². The van der Waals surface area contributed by atoms with E-state index in [4.69, 9.17) is 0 Å². The van der Waals surface area contributed by atoms with Gasteiger partial charge in [-0.15, -0.1) is 5.10 Å². The highest BCUT2D eigenvalue weighted by atomic mass is 32.3. The van der Waals surface area contributed by atoms with E-state index in [-0.39, 0.29) is 0 Å². The highest BCUT2D eigenvalue weighted by Gasteiger charge is 2.17. The van der Waals surface area contributed by atoms with Gasteiger partial charge in [0.05, 0.1) is 11.9 Å². The van der Waals surface area contributed by atoms with Crippen LogP contribution in [0.2, 0.25) is 0 Å². The summed E-state index contributed by atoms with van der Waals surface area (Å²) in [7, 11) is -4.79. The van der Waals surface area contributed by atoms with Crippen LogP contribution in [0.4, 0.5) is 3.89 Å². The molecule has 84 valence electrons. The normalized spacial score (nSPS) is 11.6. The molecule has 0 aliphatic rings. The van der Waals surface area contributed by atoms with Gasteiger partial charge in [-0.25, -0.2) is 4.68 Å². The van der Waals surface area contributed by atoms with Crippen molar-refractivity contribution in [3.8, 4) is 5.69 Å². The maximum absolute atomic E-state index is 12.6. The molecular weight excluding hydrogens is 233 g/mol. The molecule has 0 fully saturated rings. The molecule has 0 spiro atoms. The van der Waals surface area contributed by atoms with Crippen molar-refractivity contribution in [2.45, 2.75) is 11.9 Å². The van der Waals surface area contributed by atoms with Crippen molar-refractivity contribution in [3.63, 3.8) is 0 Å². The molecule has 0 aliphatic carbocycles. The minimum absolute atomic E-state index is 0.619. The third kappa shape index (κ3) is 2.08. The summed E-state index contributed by atoms with van der Waals surface area (Å²) in [5.41, 5.74) is 1.68. The Labute approximate surface area is 91.7 Å². The van der Waals surface area contributed by atoms with Crippen molar-refractivity contribution in [1.82, 2.24) is 15.0 Å². The molecule has 16 heavy (non-hydrogen) atoms. The van der Waals surface area contributed by atoms with Crippen LogP contribution in [0.5, 0.6) is 0 Å². The van der Waals surface area contributed by atoms with Crippen LogP contribution < -0.4 is 0 Å². The maximum atomic E-state index is 12.6. The first kappa shape index (κ1) is 10.7. The molecule has 0 radical (unpaired) electrons. The standard InChI is InChI=1S/C9H8FN3O2S/c1-7-2-4-8(5-3-7)13-6-9(11-12-13)16(10,14)15/h2-6H,1H3. The Morgan fingerprint density at radius 1 is 1.25 bits per heavy atom. The topological polar surface area (TPSA) is 64.8 Å². The molecule has 0 N–H and O–H groups in total. The van der Waals surface area contributed by atoms with E-state index >= 15 is 0 Å². The van der Waals surface area contributed by atoms with Crippen LogP contribution in [0.25, 0.3) is 5.69 Å². The fraction of sp³-hybridized carbons (Fsp3) is 0.111. The lowest BCUT2D eigenvalue weighted by atomic mass is 10.2. The maximum Gasteiger partial charge on any atom is 0.353 e. The Morgan fingerprint density at radius 2 is 1.88 bits per heavy atom. The Balaban J connectivity index is 2.43. The fourth-order valence-electron chi connectivity index (χ4n) is 1.18. The van der Waals surface area contributed by atoms with Crippen LogP contribution in [0, 0.1) is 6.92 Å². The minimum atomic E-state index is -4.79. The Hall–Kier alpha value is -1.76. The SMILES string of the molecule is Cc1ccc(-n2cc(S(=O)(=O)F)nn2)cc1. The van der Waals surface area contributed by atoms with Gasteiger partial charge in [-0.3, -0.25) is 0 Å². The second kappa shape index (κ2) is 3.67. The molecule has 1 aromatic heterocycles. The lowest BCUT2D eigenvalue weighted by molar-refractivity contribution is 0.547. The molecule has 0 saturated heterocycles. The number of nitrogens with zero attached hydrogens (tertiary/aromatic N) is 3. The number of rotatable bonds is 2. The number of benzene rings is 1. The predicted octanol–water partition coefficient (Wildman–Crippen LogP) is 1.23. The molecule has 0 aliphatic heterocycles. The first-order valence-electron chi connectivity index (χ1n) is 4.41. The van der Waals surface area contributed by atoms with E-state index in [1.54, 1.807) is 12.1 Å². The monoisotopic (exact) mass is 241 g/mol. The van der Waals surface area contributed by atoms with Crippen molar-refractivity contribution in [1.29, 1.82) is 0 Å². The number of aromatic nitrogens is 3. The average molecular weight is 241 g/mol. The average Bonchev–Trinajstić information content (AvgIpc) is 2.67. The smallest absolute Gasteiger partial charge is 0.219 e. The van der Waals surface area contributed by atoms with Gasteiger partial charge in [0.25, 0.3) is 0 Å². The highest BCUT2D eigenvalue weighted by molar-refractivity contribution is 7.86. The van der Waals surface area contributed by atoms with Crippen LogP contribution in [0.3, 0.4) is 0 Å². The van der Waals surface area contributed by atoms with E-state index in [0.29, 0.717) is 5.69 Å². The Kier molecular flexibility index (Phi) is 2.47. The van der Waals surface area contributed by atoms with Gasteiger partial charge < -0.3 is 0 Å². The zero-order valence-corrected chi connectivity index (χ0v) is 9.15. The quantitative estimate of drug-likeness (QED) is 0.742. The second-order valence-electron chi connectivity index (χ2n) is 3.27. The zero-order valence-electron chi connectivity index (χ0n) is 8.33. The summed E-state index contributed by atoms with van der Waals surface area (Å²) in [6.45, 7) is 1.92. The molecule has 1 aromatic carbocycles. The van der Waals surface area contributed by atoms with Crippen molar-refractivity contribution in [2.24, 2.45) is 0 Å². The predicted molar refractivity (Wildman–Crippen MR) is 54.4 cm³/mol. The number of hydrogen-bond acceptors (Lipinski definition) is 4. The number of aryl methyl sites for hydroxylation is 1. The van der Waals surface area contributed by atoms with Gasteiger partial charge in [0.15, 0.2) is 0 Å². The van der Waals surface area contributed by atoms with E-state index in [9.17, 15) is 12.3 Å². The van der Waals surface area contributed by atoms with Gasteiger partial charge >= 0.3 is 10.2 Å². The summed E-state index contributed by atoms with van der Waals surface area (Å²) < 4.78 is 34.9. The summed E-state index contributed by atoms with van der Waals surface area (Å²) >= 11 is 0. The van der Waals surface area contributed by atoms with Crippen molar-refractivity contribution in [3.05, 3.63) is 36.0 Å². The molecule has 2 rings (SSSR count). The first-order valence-corrected chi connectivity index (χ1v) is 5.79. The van der Waals surface area contributed by atoms with Crippen LogP contribution >= 0.6 is 0 Å². The summed E-state index contributed by atoms with van der Waals surface area (Å²) in [5.74, 6) is 0. The molecule has 0 atom stereocenters. The van der Waals surface area contributed by atoms with Crippen LogP contribution in [-0.4, -0.2) is 23.4 Å². The Bertz CT molecular complexity index is 604. The molecule has 1 heterocycles. The summed E-state index contributed by atoms with van der Waals surface area (Å²) in [5, 5.41) is 6.08. The lowest BCUT2D eigenvalue weighted by Gasteiger charge is -1.99. The van der Waals surface area contributed by atoms with E-state index in [1.165, 1.54) is 4.68 Å². The highest BCUT2D eigenvalue weighted by Crippen LogP contribution is 2.12. The summed E-state index contributed by atoms with van der Waals surface area (Å²) in [6, 6.07) is 7.14. The van der Waals surface area contributed by atoms with Crippen molar-refractivity contribution < 1.29 is 12.3 Å².